The van der Waals surface area contributed by atoms with Crippen molar-refractivity contribution in [3.05, 3.63) is 29.3 Å². The number of hydrogen-bond donors (Lipinski definition) is 3. The van der Waals surface area contributed by atoms with Crippen LogP contribution in [0.3, 0.4) is 0 Å². The van der Waals surface area contributed by atoms with Crippen LogP contribution in [0.1, 0.15) is 38.8 Å². The second-order valence-electron chi connectivity index (χ2n) is 5.69. The van der Waals surface area contributed by atoms with E-state index in [0.717, 1.165) is 11.1 Å². The van der Waals surface area contributed by atoms with Crippen molar-refractivity contribution in [2.24, 2.45) is 5.73 Å². The van der Waals surface area contributed by atoms with Crippen molar-refractivity contribution in [3.8, 4) is 11.8 Å². The summed E-state index contributed by atoms with van der Waals surface area (Å²) in [7, 11) is -3.61. The number of hydrogen-bond acceptors (Lipinski definition) is 3. The number of anilines is 1. The van der Waals surface area contributed by atoms with Crippen molar-refractivity contribution in [1.29, 1.82) is 0 Å². The van der Waals surface area contributed by atoms with Gasteiger partial charge in [0.25, 0.3) is 10.2 Å². The van der Waals surface area contributed by atoms with Gasteiger partial charge in [0, 0.05) is 11.1 Å². The molecule has 0 aromatic heterocycles. The Bertz CT molecular complexity index is 650. The summed E-state index contributed by atoms with van der Waals surface area (Å²) < 4.78 is 29.3. The van der Waals surface area contributed by atoms with Crippen molar-refractivity contribution >= 4 is 15.9 Å². The largest absolute Gasteiger partial charge is 0.320 e. The maximum atomic E-state index is 12.1. The molecule has 0 aliphatic rings. The molecule has 0 radical (unpaired) electrons. The summed E-state index contributed by atoms with van der Waals surface area (Å²) in [5, 5.41) is 0. The van der Waals surface area contributed by atoms with Gasteiger partial charge in [0.15, 0.2) is 0 Å². The highest BCUT2D eigenvalue weighted by molar-refractivity contribution is 7.90. The Morgan fingerprint density at radius 1 is 1.29 bits per heavy atom. The zero-order valence-corrected chi connectivity index (χ0v) is 13.8. The van der Waals surface area contributed by atoms with E-state index in [9.17, 15) is 8.42 Å². The molecule has 0 saturated carbocycles. The third kappa shape index (κ3) is 6.17. The van der Waals surface area contributed by atoms with E-state index < -0.39 is 15.7 Å². The van der Waals surface area contributed by atoms with Crippen LogP contribution < -0.4 is 15.2 Å². The third-order valence-corrected chi connectivity index (χ3v) is 3.88. The van der Waals surface area contributed by atoms with Crippen LogP contribution in [0.2, 0.25) is 0 Å². The first-order valence-electron chi connectivity index (χ1n) is 6.80. The maximum absolute atomic E-state index is 12.1. The first-order chi connectivity index (χ1) is 9.67. The molecule has 0 fully saturated rings. The summed E-state index contributed by atoms with van der Waals surface area (Å²) in [4.78, 5) is 0. The normalized spacial score (nSPS) is 11.7. The van der Waals surface area contributed by atoms with E-state index in [1.165, 1.54) is 0 Å². The number of rotatable bonds is 4. The topological polar surface area (TPSA) is 84.2 Å². The van der Waals surface area contributed by atoms with Gasteiger partial charge in [0.1, 0.15) is 0 Å². The third-order valence-electron chi connectivity index (χ3n) is 2.51. The number of nitrogens with one attached hydrogen (secondary N) is 2. The summed E-state index contributed by atoms with van der Waals surface area (Å²) in [6, 6.07) is 5.37. The second kappa shape index (κ2) is 6.94. The Hall–Kier alpha value is -1.55. The number of nitrogens with two attached hydrogens (primary N) is 1. The van der Waals surface area contributed by atoms with Crippen molar-refractivity contribution in [2.45, 2.75) is 39.7 Å². The molecule has 0 aliphatic carbocycles. The predicted molar refractivity (Wildman–Crippen MR) is 87.2 cm³/mol. The molecular formula is C15H23N3O2S. The lowest BCUT2D eigenvalue weighted by Crippen LogP contribution is -2.43. The van der Waals surface area contributed by atoms with Crippen molar-refractivity contribution in [2.75, 3.05) is 11.3 Å². The molecule has 1 rings (SSSR count). The molecular weight excluding hydrogens is 286 g/mol. The molecule has 1 aromatic carbocycles. The minimum atomic E-state index is -3.61. The highest BCUT2D eigenvalue weighted by atomic mass is 32.2. The van der Waals surface area contributed by atoms with E-state index >= 15 is 0 Å². The fourth-order valence-electron chi connectivity index (χ4n) is 1.79. The molecule has 4 N–H and O–H groups in total. The van der Waals surface area contributed by atoms with Gasteiger partial charge >= 0.3 is 0 Å². The van der Waals surface area contributed by atoms with Crippen LogP contribution in [0.4, 0.5) is 5.69 Å². The Balaban J connectivity index is 3.04. The molecule has 5 nitrogen and oxygen atoms in total. The minimum Gasteiger partial charge on any atom is -0.320 e. The van der Waals surface area contributed by atoms with Crippen LogP contribution >= 0.6 is 0 Å². The SMILES string of the molecule is CCc1cc(C#CCN)ccc1NS(=O)(=O)NC(C)(C)C. The van der Waals surface area contributed by atoms with Gasteiger partial charge < -0.3 is 5.73 Å². The zero-order chi connectivity index (χ0) is 16.1. The number of benzene rings is 1. The van der Waals surface area contributed by atoms with Crippen LogP contribution in [-0.2, 0) is 16.6 Å². The zero-order valence-electron chi connectivity index (χ0n) is 12.9. The van der Waals surface area contributed by atoms with Crippen molar-refractivity contribution in [3.63, 3.8) is 0 Å². The molecule has 116 valence electrons. The fraction of sp³-hybridized carbons (Fsp3) is 0.467. The Morgan fingerprint density at radius 2 is 1.95 bits per heavy atom. The Labute approximate surface area is 127 Å². The molecule has 0 unspecified atom stereocenters. The van der Waals surface area contributed by atoms with Gasteiger partial charge in [-0.1, -0.05) is 18.8 Å². The molecule has 1 aromatic rings. The van der Waals surface area contributed by atoms with Crippen LogP contribution in [0.15, 0.2) is 18.2 Å². The molecule has 0 aliphatic heterocycles. The first kappa shape index (κ1) is 17.5. The lowest BCUT2D eigenvalue weighted by Gasteiger charge is -2.21. The van der Waals surface area contributed by atoms with Crippen LogP contribution in [-0.4, -0.2) is 20.5 Å². The molecule has 0 saturated heterocycles. The van der Waals surface area contributed by atoms with E-state index in [2.05, 4.69) is 21.3 Å². The summed E-state index contributed by atoms with van der Waals surface area (Å²) in [6.45, 7) is 7.63. The van der Waals surface area contributed by atoms with Crippen molar-refractivity contribution < 1.29 is 8.42 Å². The van der Waals surface area contributed by atoms with Crippen molar-refractivity contribution in [1.82, 2.24) is 4.72 Å². The van der Waals surface area contributed by atoms with Gasteiger partial charge in [0.2, 0.25) is 0 Å². The van der Waals surface area contributed by atoms with E-state index in [1.807, 2.05) is 13.0 Å². The van der Waals surface area contributed by atoms with Crippen LogP contribution in [0.5, 0.6) is 0 Å². The average Bonchev–Trinajstić information content (AvgIpc) is 2.34. The molecule has 21 heavy (non-hydrogen) atoms. The molecule has 0 heterocycles. The molecule has 0 bridgehead atoms. The van der Waals surface area contributed by atoms with Gasteiger partial charge in [-0.2, -0.15) is 13.1 Å². The quantitative estimate of drug-likeness (QED) is 0.739. The Morgan fingerprint density at radius 3 is 2.48 bits per heavy atom. The van der Waals surface area contributed by atoms with Gasteiger partial charge in [-0.3, -0.25) is 4.72 Å². The highest BCUT2D eigenvalue weighted by Gasteiger charge is 2.20. The number of aryl methyl sites for hydroxylation is 1. The van der Waals surface area contributed by atoms with Crippen LogP contribution in [0, 0.1) is 11.8 Å². The highest BCUT2D eigenvalue weighted by Crippen LogP contribution is 2.19. The molecule has 0 atom stereocenters. The second-order valence-corrected chi connectivity index (χ2v) is 7.10. The summed E-state index contributed by atoms with van der Waals surface area (Å²) >= 11 is 0. The summed E-state index contributed by atoms with van der Waals surface area (Å²) in [5.41, 5.74) is 7.08. The molecule has 6 heteroatoms. The smallest absolute Gasteiger partial charge is 0.299 e. The predicted octanol–water partition coefficient (Wildman–Crippen LogP) is 1.60. The van der Waals surface area contributed by atoms with E-state index in [-0.39, 0.29) is 0 Å². The van der Waals surface area contributed by atoms with Crippen LogP contribution in [0.25, 0.3) is 0 Å². The molecule has 0 amide bonds. The summed E-state index contributed by atoms with van der Waals surface area (Å²) in [5.74, 6) is 5.72. The lowest BCUT2D eigenvalue weighted by molar-refractivity contribution is 0.494. The first-order valence-corrected chi connectivity index (χ1v) is 8.29. The van der Waals surface area contributed by atoms with E-state index in [1.54, 1.807) is 32.9 Å². The van der Waals surface area contributed by atoms with Gasteiger partial charge in [-0.15, -0.1) is 0 Å². The van der Waals surface area contributed by atoms with Gasteiger partial charge in [-0.25, -0.2) is 0 Å². The Kier molecular flexibility index (Phi) is 5.78. The van der Waals surface area contributed by atoms with E-state index in [0.29, 0.717) is 18.7 Å². The van der Waals surface area contributed by atoms with Gasteiger partial charge in [0.05, 0.1) is 12.2 Å². The monoisotopic (exact) mass is 309 g/mol. The lowest BCUT2D eigenvalue weighted by atomic mass is 10.1. The standard InChI is InChI=1S/C15H23N3O2S/c1-5-13-11-12(7-6-10-16)8-9-14(13)17-21(19,20)18-15(2,3)4/h8-9,11,17-18H,5,10,16H2,1-4H3. The average molecular weight is 309 g/mol. The van der Waals surface area contributed by atoms with E-state index in [4.69, 9.17) is 5.73 Å². The fourth-order valence-corrected chi connectivity index (χ4v) is 3.14. The minimum absolute atomic E-state index is 0.297. The maximum Gasteiger partial charge on any atom is 0.299 e. The van der Waals surface area contributed by atoms with Gasteiger partial charge in [-0.05, 0) is 51.0 Å². The molecule has 0 spiro atoms. The summed E-state index contributed by atoms with van der Waals surface area (Å²) in [6.07, 6.45) is 0.700.